The largest absolute Gasteiger partial charge is 0.468 e. The van der Waals surface area contributed by atoms with Crippen LogP contribution in [0.1, 0.15) is 23.2 Å². The fourth-order valence-corrected chi connectivity index (χ4v) is 2.26. The summed E-state index contributed by atoms with van der Waals surface area (Å²) in [4.78, 5) is 28.8. The summed E-state index contributed by atoms with van der Waals surface area (Å²) in [6.45, 7) is 1.18. The van der Waals surface area contributed by atoms with Crippen LogP contribution in [0.4, 0.5) is 0 Å². The number of methoxy groups -OCH3 is 1. The number of hydrogen-bond donors (Lipinski definition) is 1. The lowest BCUT2D eigenvalue weighted by Gasteiger charge is -2.28. The van der Waals surface area contributed by atoms with Crippen molar-refractivity contribution in [2.24, 2.45) is 5.92 Å². The van der Waals surface area contributed by atoms with E-state index in [2.05, 4.69) is 5.48 Å². The van der Waals surface area contributed by atoms with Crippen LogP contribution in [-0.4, -0.2) is 38.3 Å². The molecule has 0 amide bonds. The van der Waals surface area contributed by atoms with Crippen molar-refractivity contribution in [3.8, 4) is 0 Å². The predicted octanol–water partition coefficient (Wildman–Crippen LogP) is 1.32. The summed E-state index contributed by atoms with van der Waals surface area (Å²) < 4.78 is 10.0. The summed E-state index contributed by atoms with van der Waals surface area (Å²) >= 11 is 0. The molecule has 21 heavy (non-hydrogen) atoms. The van der Waals surface area contributed by atoms with E-state index < -0.39 is 18.0 Å². The predicted molar refractivity (Wildman–Crippen MR) is 74.3 cm³/mol. The number of hydroxylamine groups is 1. The van der Waals surface area contributed by atoms with Crippen LogP contribution in [0.3, 0.4) is 0 Å². The number of esters is 1. The van der Waals surface area contributed by atoms with Crippen molar-refractivity contribution < 1.29 is 23.9 Å². The molecule has 0 unspecified atom stereocenters. The molecule has 0 spiro atoms. The fourth-order valence-electron chi connectivity index (χ4n) is 2.26. The van der Waals surface area contributed by atoms with E-state index in [4.69, 9.17) is 14.3 Å². The number of benzene rings is 1. The van der Waals surface area contributed by atoms with Gasteiger partial charge in [-0.25, -0.2) is 4.79 Å². The lowest BCUT2D eigenvalue weighted by molar-refractivity contribution is -0.149. The van der Waals surface area contributed by atoms with Crippen LogP contribution >= 0.6 is 0 Å². The van der Waals surface area contributed by atoms with E-state index in [9.17, 15) is 9.59 Å². The Kier molecular flexibility index (Phi) is 5.71. The summed E-state index contributed by atoms with van der Waals surface area (Å²) in [6, 6.07) is 7.91. The maximum atomic E-state index is 11.9. The van der Waals surface area contributed by atoms with Crippen molar-refractivity contribution in [2.45, 2.75) is 18.9 Å². The number of hydrogen-bond acceptors (Lipinski definition) is 6. The Hall–Kier alpha value is -1.92. The molecule has 2 rings (SSSR count). The second-order valence-electron chi connectivity index (χ2n) is 4.82. The van der Waals surface area contributed by atoms with E-state index in [0.29, 0.717) is 18.8 Å². The molecule has 6 nitrogen and oxygen atoms in total. The maximum Gasteiger partial charge on any atom is 0.356 e. The number of ether oxygens (including phenoxy) is 2. The van der Waals surface area contributed by atoms with Crippen LogP contribution < -0.4 is 5.48 Å². The third-order valence-electron chi connectivity index (χ3n) is 3.48. The van der Waals surface area contributed by atoms with Crippen molar-refractivity contribution in [1.29, 1.82) is 0 Å². The van der Waals surface area contributed by atoms with Gasteiger partial charge in [0.1, 0.15) is 6.04 Å². The highest BCUT2D eigenvalue weighted by Gasteiger charge is 2.32. The molecule has 1 aromatic carbocycles. The third-order valence-corrected chi connectivity index (χ3v) is 3.48. The smallest absolute Gasteiger partial charge is 0.356 e. The summed E-state index contributed by atoms with van der Waals surface area (Å²) in [5.41, 5.74) is 2.98. The maximum absolute atomic E-state index is 11.9. The number of rotatable bonds is 5. The average molecular weight is 293 g/mol. The van der Waals surface area contributed by atoms with Gasteiger partial charge in [-0.3, -0.25) is 4.79 Å². The van der Waals surface area contributed by atoms with Crippen LogP contribution in [0.5, 0.6) is 0 Å². The highest BCUT2D eigenvalue weighted by Crippen LogP contribution is 2.20. The van der Waals surface area contributed by atoms with Gasteiger partial charge in [-0.2, -0.15) is 0 Å². The molecule has 1 fully saturated rings. The van der Waals surface area contributed by atoms with Crippen LogP contribution in [-0.2, 0) is 19.1 Å². The van der Waals surface area contributed by atoms with Crippen molar-refractivity contribution in [3.05, 3.63) is 35.9 Å². The highest BCUT2D eigenvalue weighted by molar-refractivity contribution is 5.89. The molecule has 0 saturated carbocycles. The molecule has 1 aliphatic rings. The van der Waals surface area contributed by atoms with E-state index >= 15 is 0 Å². The average Bonchev–Trinajstić information content (AvgIpc) is 2.56. The zero-order valence-corrected chi connectivity index (χ0v) is 11.9. The normalized spacial score (nSPS) is 17.0. The summed E-state index contributed by atoms with van der Waals surface area (Å²) in [5.74, 6) is -0.950. The standard InChI is InChI=1S/C15H19NO5/c1-19-15(18)13(11-7-9-20-10-8-11)16-21-14(17)12-5-3-2-4-6-12/h2-6,11,13,16H,7-10H2,1H3/t13-/m0/s1. The van der Waals surface area contributed by atoms with Crippen LogP contribution in [0, 0.1) is 5.92 Å². The molecule has 114 valence electrons. The minimum Gasteiger partial charge on any atom is -0.468 e. The molecule has 0 aliphatic carbocycles. The Balaban J connectivity index is 1.95. The molecule has 0 aromatic heterocycles. The topological polar surface area (TPSA) is 73.9 Å². The first kappa shape index (κ1) is 15.5. The second-order valence-corrected chi connectivity index (χ2v) is 4.82. The van der Waals surface area contributed by atoms with Gasteiger partial charge < -0.3 is 14.3 Å². The summed E-state index contributed by atoms with van der Waals surface area (Å²) in [7, 11) is 1.31. The molecule has 0 bridgehead atoms. The minimum absolute atomic E-state index is 0.0229. The van der Waals surface area contributed by atoms with E-state index in [-0.39, 0.29) is 5.92 Å². The second kappa shape index (κ2) is 7.75. The molecular formula is C15H19NO5. The first-order valence-electron chi connectivity index (χ1n) is 6.89. The number of nitrogens with one attached hydrogen (secondary N) is 1. The van der Waals surface area contributed by atoms with Gasteiger partial charge >= 0.3 is 11.9 Å². The highest BCUT2D eigenvalue weighted by atomic mass is 16.7. The quantitative estimate of drug-likeness (QED) is 0.652. The van der Waals surface area contributed by atoms with Gasteiger partial charge in [0.15, 0.2) is 0 Å². The van der Waals surface area contributed by atoms with Crippen molar-refractivity contribution >= 4 is 11.9 Å². The molecule has 1 atom stereocenters. The summed E-state index contributed by atoms with van der Waals surface area (Å²) in [5, 5.41) is 0. The zero-order valence-electron chi connectivity index (χ0n) is 11.9. The first-order chi connectivity index (χ1) is 10.2. The lowest BCUT2D eigenvalue weighted by atomic mass is 9.92. The molecule has 1 heterocycles. The number of carbonyl (C=O) groups excluding carboxylic acids is 2. The Morgan fingerprint density at radius 1 is 1.24 bits per heavy atom. The van der Waals surface area contributed by atoms with Gasteiger partial charge in [-0.1, -0.05) is 18.2 Å². The van der Waals surface area contributed by atoms with E-state index in [0.717, 1.165) is 12.8 Å². The fraction of sp³-hybridized carbons (Fsp3) is 0.467. The molecule has 0 radical (unpaired) electrons. The van der Waals surface area contributed by atoms with E-state index in [1.807, 2.05) is 6.07 Å². The van der Waals surface area contributed by atoms with Crippen molar-refractivity contribution in [2.75, 3.05) is 20.3 Å². The molecular weight excluding hydrogens is 274 g/mol. The van der Waals surface area contributed by atoms with Gasteiger partial charge in [-0.05, 0) is 30.9 Å². The zero-order chi connectivity index (χ0) is 15.1. The third kappa shape index (κ3) is 4.27. The van der Waals surface area contributed by atoms with E-state index in [1.165, 1.54) is 7.11 Å². The molecule has 1 aromatic rings. The monoisotopic (exact) mass is 293 g/mol. The van der Waals surface area contributed by atoms with Gasteiger partial charge in [0.05, 0.1) is 12.7 Å². The molecule has 1 aliphatic heterocycles. The minimum atomic E-state index is -0.674. The SMILES string of the molecule is COC(=O)[C@@H](NOC(=O)c1ccccc1)C1CCOCC1. The summed E-state index contributed by atoms with van der Waals surface area (Å²) in [6.07, 6.45) is 1.44. The Bertz CT molecular complexity index is 470. The first-order valence-corrected chi connectivity index (χ1v) is 6.89. The lowest BCUT2D eigenvalue weighted by Crippen LogP contribution is -2.46. The molecule has 1 N–H and O–H groups in total. The van der Waals surface area contributed by atoms with Gasteiger partial charge in [0.2, 0.25) is 0 Å². The van der Waals surface area contributed by atoms with Crippen LogP contribution in [0.25, 0.3) is 0 Å². The Morgan fingerprint density at radius 3 is 2.52 bits per heavy atom. The Morgan fingerprint density at radius 2 is 1.90 bits per heavy atom. The van der Waals surface area contributed by atoms with Gasteiger partial charge in [0, 0.05) is 13.2 Å². The van der Waals surface area contributed by atoms with Gasteiger partial charge in [-0.15, -0.1) is 5.48 Å². The molecule has 1 saturated heterocycles. The van der Waals surface area contributed by atoms with Crippen molar-refractivity contribution in [1.82, 2.24) is 5.48 Å². The van der Waals surface area contributed by atoms with Crippen LogP contribution in [0.15, 0.2) is 30.3 Å². The Labute approximate surface area is 123 Å². The molecule has 6 heteroatoms. The van der Waals surface area contributed by atoms with E-state index in [1.54, 1.807) is 24.3 Å². The number of carbonyl (C=O) groups is 2. The van der Waals surface area contributed by atoms with Crippen molar-refractivity contribution in [3.63, 3.8) is 0 Å². The van der Waals surface area contributed by atoms with Crippen LogP contribution in [0.2, 0.25) is 0 Å². The van der Waals surface area contributed by atoms with Gasteiger partial charge in [0.25, 0.3) is 0 Å².